The fraction of sp³-hybridized carbons (Fsp3) is 0.615. The van der Waals surface area contributed by atoms with Gasteiger partial charge in [-0.25, -0.2) is 18.1 Å². The van der Waals surface area contributed by atoms with Gasteiger partial charge in [-0.2, -0.15) is 0 Å². The molecular formula is C13H23ClN4O2S. The van der Waals surface area contributed by atoms with Gasteiger partial charge in [-0.15, -0.1) is 0 Å². The molecule has 0 aliphatic rings. The lowest BCUT2D eigenvalue weighted by Gasteiger charge is -2.20. The molecule has 0 amide bonds. The Morgan fingerprint density at radius 3 is 2.62 bits per heavy atom. The van der Waals surface area contributed by atoms with E-state index in [0.717, 1.165) is 0 Å². The molecule has 0 radical (unpaired) electrons. The van der Waals surface area contributed by atoms with E-state index in [4.69, 9.17) is 11.6 Å². The van der Waals surface area contributed by atoms with Crippen molar-refractivity contribution >= 4 is 27.4 Å². The molecule has 0 aliphatic carbocycles. The quantitative estimate of drug-likeness (QED) is 0.758. The third-order valence-corrected chi connectivity index (χ3v) is 4.82. The van der Waals surface area contributed by atoms with Crippen LogP contribution in [0.5, 0.6) is 0 Å². The van der Waals surface area contributed by atoms with Crippen LogP contribution >= 0.6 is 11.6 Å². The molecule has 21 heavy (non-hydrogen) atoms. The Hall–Kier alpha value is -0.890. The molecule has 0 saturated carbocycles. The molecule has 8 heteroatoms. The van der Waals surface area contributed by atoms with Gasteiger partial charge in [0.05, 0.1) is 5.02 Å². The standard InChI is InChI=1S/C13H23ClN4O2S/c1-5-15-13-12(14)8-11(9-16-13)21(19,20)17-6-7-18(4)10(2)3/h8-10,17H,5-7H2,1-4H3,(H,15,16). The van der Waals surface area contributed by atoms with Gasteiger partial charge in [-0.1, -0.05) is 11.6 Å². The number of halogens is 1. The van der Waals surface area contributed by atoms with Crippen LogP contribution in [0.3, 0.4) is 0 Å². The Balaban J connectivity index is 2.72. The summed E-state index contributed by atoms with van der Waals surface area (Å²) in [4.78, 5) is 6.16. The molecular weight excluding hydrogens is 312 g/mol. The highest BCUT2D eigenvalue weighted by atomic mass is 35.5. The van der Waals surface area contributed by atoms with Crippen molar-refractivity contribution in [3.05, 3.63) is 17.3 Å². The Morgan fingerprint density at radius 1 is 1.43 bits per heavy atom. The maximum atomic E-state index is 12.2. The highest BCUT2D eigenvalue weighted by Gasteiger charge is 2.16. The first-order valence-electron chi connectivity index (χ1n) is 6.87. The predicted octanol–water partition coefficient (Wildman–Crippen LogP) is 1.79. The van der Waals surface area contributed by atoms with Gasteiger partial charge < -0.3 is 10.2 Å². The van der Waals surface area contributed by atoms with Crippen molar-refractivity contribution < 1.29 is 8.42 Å². The molecule has 1 aromatic heterocycles. The van der Waals surface area contributed by atoms with Gasteiger partial charge in [0.15, 0.2) is 0 Å². The van der Waals surface area contributed by atoms with E-state index in [0.29, 0.717) is 36.5 Å². The molecule has 1 aromatic rings. The second-order valence-corrected chi connectivity index (χ2v) is 7.18. The van der Waals surface area contributed by atoms with Gasteiger partial charge in [0.2, 0.25) is 10.0 Å². The van der Waals surface area contributed by atoms with Crippen LogP contribution in [0.15, 0.2) is 17.2 Å². The molecule has 120 valence electrons. The number of nitrogens with one attached hydrogen (secondary N) is 2. The zero-order valence-corrected chi connectivity index (χ0v) is 14.4. The second-order valence-electron chi connectivity index (χ2n) is 5.00. The Morgan fingerprint density at radius 2 is 2.10 bits per heavy atom. The van der Waals surface area contributed by atoms with Crippen molar-refractivity contribution in [1.29, 1.82) is 0 Å². The topological polar surface area (TPSA) is 74.3 Å². The van der Waals surface area contributed by atoms with Gasteiger partial charge in [0.1, 0.15) is 10.7 Å². The molecule has 0 saturated heterocycles. The van der Waals surface area contributed by atoms with Crippen molar-refractivity contribution in [2.24, 2.45) is 0 Å². The molecule has 0 spiro atoms. The van der Waals surface area contributed by atoms with E-state index in [1.165, 1.54) is 12.3 Å². The first kappa shape index (κ1) is 18.2. The van der Waals surface area contributed by atoms with Crippen LogP contribution in [0.1, 0.15) is 20.8 Å². The maximum Gasteiger partial charge on any atom is 0.242 e. The summed E-state index contributed by atoms with van der Waals surface area (Å²) in [5, 5.41) is 3.25. The largest absolute Gasteiger partial charge is 0.369 e. The molecule has 1 heterocycles. The van der Waals surface area contributed by atoms with Crippen LogP contribution in [0, 0.1) is 0 Å². The van der Waals surface area contributed by atoms with Crippen molar-refractivity contribution in [2.75, 3.05) is 32.0 Å². The number of aromatic nitrogens is 1. The number of hydrogen-bond donors (Lipinski definition) is 2. The normalized spacial score (nSPS) is 12.1. The third kappa shape index (κ3) is 5.43. The number of hydrogen-bond acceptors (Lipinski definition) is 5. The van der Waals surface area contributed by atoms with E-state index < -0.39 is 10.0 Å². The Bertz CT molecular complexity index is 563. The molecule has 0 fully saturated rings. The summed E-state index contributed by atoms with van der Waals surface area (Å²) >= 11 is 6.01. The van der Waals surface area contributed by atoms with Gasteiger partial charge in [-0.05, 0) is 33.9 Å². The van der Waals surface area contributed by atoms with Gasteiger partial charge >= 0.3 is 0 Å². The number of anilines is 1. The van der Waals surface area contributed by atoms with Crippen molar-refractivity contribution in [3.63, 3.8) is 0 Å². The van der Waals surface area contributed by atoms with E-state index in [9.17, 15) is 8.42 Å². The van der Waals surface area contributed by atoms with Crippen LogP contribution in [-0.4, -0.2) is 51.0 Å². The van der Waals surface area contributed by atoms with Crippen LogP contribution in [0.25, 0.3) is 0 Å². The first-order valence-corrected chi connectivity index (χ1v) is 8.73. The fourth-order valence-corrected chi connectivity index (χ4v) is 2.85. The monoisotopic (exact) mass is 334 g/mol. The van der Waals surface area contributed by atoms with Crippen molar-refractivity contribution in [3.8, 4) is 0 Å². The van der Waals surface area contributed by atoms with E-state index in [-0.39, 0.29) is 4.90 Å². The predicted molar refractivity (Wildman–Crippen MR) is 86.4 cm³/mol. The Kier molecular flexibility index (Phi) is 6.86. The number of likely N-dealkylation sites (N-methyl/N-ethyl adjacent to an activating group) is 1. The maximum absolute atomic E-state index is 12.2. The zero-order chi connectivity index (χ0) is 16.0. The van der Waals surface area contributed by atoms with Crippen LogP contribution < -0.4 is 10.0 Å². The lowest BCUT2D eigenvalue weighted by atomic mass is 10.3. The summed E-state index contributed by atoms with van der Waals surface area (Å²) in [6.45, 7) is 7.65. The molecule has 1 rings (SSSR count). The van der Waals surface area contributed by atoms with Crippen molar-refractivity contribution in [1.82, 2.24) is 14.6 Å². The van der Waals surface area contributed by atoms with E-state index >= 15 is 0 Å². The summed E-state index contributed by atoms with van der Waals surface area (Å²) in [6, 6.07) is 1.77. The molecule has 0 aliphatic heterocycles. The fourth-order valence-electron chi connectivity index (χ4n) is 1.56. The molecule has 0 bridgehead atoms. The summed E-state index contributed by atoms with van der Waals surface area (Å²) in [5.41, 5.74) is 0. The second kappa shape index (κ2) is 7.93. The molecule has 2 N–H and O–H groups in total. The van der Waals surface area contributed by atoms with Crippen LogP contribution in [0.2, 0.25) is 5.02 Å². The molecule has 6 nitrogen and oxygen atoms in total. The highest BCUT2D eigenvalue weighted by molar-refractivity contribution is 7.89. The number of pyridine rings is 1. The number of nitrogens with zero attached hydrogens (tertiary/aromatic N) is 2. The number of rotatable bonds is 8. The molecule has 0 aromatic carbocycles. The first-order chi connectivity index (χ1) is 9.77. The summed E-state index contributed by atoms with van der Waals surface area (Å²) in [7, 11) is -1.64. The minimum atomic E-state index is -3.59. The highest BCUT2D eigenvalue weighted by Crippen LogP contribution is 2.22. The lowest BCUT2D eigenvalue weighted by molar-refractivity contribution is 0.278. The average molecular weight is 335 g/mol. The minimum Gasteiger partial charge on any atom is -0.369 e. The van der Waals surface area contributed by atoms with Gasteiger partial charge in [0.25, 0.3) is 0 Å². The minimum absolute atomic E-state index is 0.0707. The van der Waals surface area contributed by atoms with E-state index in [2.05, 4.69) is 33.8 Å². The SMILES string of the molecule is CCNc1ncc(S(=O)(=O)NCCN(C)C(C)C)cc1Cl. The average Bonchev–Trinajstić information content (AvgIpc) is 2.40. The van der Waals surface area contributed by atoms with Crippen LogP contribution in [-0.2, 0) is 10.0 Å². The Labute approximate surface area is 131 Å². The number of sulfonamides is 1. The van der Waals surface area contributed by atoms with Gasteiger partial charge in [0, 0.05) is 31.9 Å². The zero-order valence-electron chi connectivity index (χ0n) is 12.9. The van der Waals surface area contributed by atoms with E-state index in [1.807, 2.05) is 14.0 Å². The van der Waals surface area contributed by atoms with Gasteiger partial charge in [-0.3, -0.25) is 0 Å². The molecule has 0 atom stereocenters. The van der Waals surface area contributed by atoms with Crippen molar-refractivity contribution in [2.45, 2.75) is 31.7 Å². The molecule has 0 unspecified atom stereocenters. The smallest absolute Gasteiger partial charge is 0.242 e. The summed E-state index contributed by atoms with van der Waals surface area (Å²) in [5.74, 6) is 0.484. The van der Waals surface area contributed by atoms with E-state index in [1.54, 1.807) is 0 Å². The summed E-state index contributed by atoms with van der Waals surface area (Å²) in [6.07, 6.45) is 1.30. The third-order valence-electron chi connectivity index (χ3n) is 3.11. The van der Waals surface area contributed by atoms with Crippen LogP contribution in [0.4, 0.5) is 5.82 Å². The summed E-state index contributed by atoms with van der Waals surface area (Å²) < 4.78 is 26.9. The lowest BCUT2D eigenvalue weighted by Crippen LogP contribution is -2.36.